The average Bonchev–Trinajstić information content (AvgIpc) is 2.98. The van der Waals surface area contributed by atoms with E-state index in [2.05, 4.69) is 21.1 Å². The number of imidazole rings is 1. The molecule has 0 aromatic carbocycles. The highest BCUT2D eigenvalue weighted by molar-refractivity contribution is 5.70. The topological polar surface area (TPSA) is 56.1 Å². The van der Waals surface area contributed by atoms with Crippen LogP contribution in [0.25, 0.3) is 0 Å². The zero-order valence-corrected chi connectivity index (χ0v) is 13.0. The van der Waals surface area contributed by atoms with Crippen molar-refractivity contribution >= 4 is 6.09 Å². The van der Waals surface area contributed by atoms with Gasteiger partial charge in [0.2, 0.25) is 0 Å². The molecule has 4 aliphatic carbocycles. The zero-order valence-electron chi connectivity index (χ0n) is 13.0. The van der Waals surface area contributed by atoms with E-state index >= 15 is 0 Å². The van der Waals surface area contributed by atoms with Crippen LogP contribution in [0.5, 0.6) is 0 Å². The minimum atomic E-state index is -0.436. The fourth-order valence-corrected chi connectivity index (χ4v) is 4.00. The Hall–Kier alpha value is -1.52. The summed E-state index contributed by atoms with van der Waals surface area (Å²) in [6.45, 7) is 5.68. The second-order valence-corrected chi connectivity index (χ2v) is 8.09. The molecule has 4 fully saturated rings. The van der Waals surface area contributed by atoms with Crippen molar-refractivity contribution in [2.45, 2.75) is 75.5 Å². The fourth-order valence-electron chi connectivity index (χ4n) is 4.00. The molecule has 0 aliphatic heterocycles. The number of carbonyl (C=O) groups is 1. The van der Waals surface area contributed by atoms with Crippen molar-refractivity contribution in [1.29, 1.82) is 0 Å². The predicted octanol–water partition coefficient (Wildman–Crippen LogP) is 2.92. The standard InChI is InChI=1S/C16H23N3O2/c1-14(2,3)21-13(20)18-15-8-16(9-15,10-15)19-7-6-17-12(19)11-4-5-11/h6-7,11H,4-5,8-10H2,1-3H3,(H,18,20). The summed E-state index contributed by atoms with van der Waals surface area (Å²) < 4.78 is 7.74. The monoisotopic (exact) mass is 289 g/mol. The van der Waals surface area contributed by atoms with Gasteiger partial charge in [-0.1, -0.05) is 0 Å². The molecule has 0 radical (unpaired) electrons. The largest absolute Gasteiger partial charge is 0.444 e. The molecule has 0 spiro atoms. The van der Waals surface area contributed by atoms with Crippen molar-refractivity contribution in [3.8, 4) is 0 Å². The van der Waals surface area contributed by atoms with Crippen LogP contribution < -0.4 is 5.32 Å². The predicted molar refractivity (Wildman–Crippen MR) is 78.1 cm³/mol. The Morgan fingerprint density at radius 2 is 2.05 bits per heavy atom. The Morgan fingerprint density at radius 1 is 1.38 bits per heavy atom. The summed E-state index contributed by atoms with van der Waals surface area (Å²) in [6, 6.07) is 0. The first-order valence-electron chi connectivity index (χ1n) is 7.86. The number of hydrogen-bond acceptors (Lipinski definition) is 3. The Bertz CT molecular complexity index is 575. The normalized spacial score (nSPS) is 33.9. The number of alkyl carbamates (subject to hydrolysis) is 1. The number of rotatable bonds is 3. The first-order valence-corrected chi connectivity index (χ1v) is 7.86. The Morgan fingerprint density at radius 3 is 2.62 bits per heavy atom. The van der Waals surface area contributed by atoms with Gasteiger partial charge in [-0.25, -0.2) is 9.78 Å². The number of ether oxygens (including phenoxy) is 1. The van der Waals surface area contributed by atoms with Gasteiger partial charge in [0.05, 0.1) is 11.1 Å². The van der Waals surface area contributed by atoms with Gasteiger partial charge in [-0.15, -0.1) is 0 Å². The zero-order chi connectivity index (χ0) is 14.9. The van der Waals surface area contributed by atoms with Crippen LogP contribution in [-0.4, -0.2) is 26.8 Å². The molecule has 5 heteroatoms. The number of nitrogens with zero attached hydrogens (tertiary/aromatic N) is 2. The SMILES string of the molecule is CC(C)(C)OC(=O)NC12CC(n3ccnc3C3CC3)(C1)C2. The van der Waals surface area contributed by atoms with Crippen LogP contribution in [0.15, 0.2) is 12.4 Å². The Kier molecular flexibility index (Phi) is 2.39. The smallest absolute Gasteiger partial charge is 0.408 e. The minimum absolute atomic E-state index is 0.0343. The van der Waals surface area contributed by atoms with Gasteiger partial charge in [0.15, 0.2) is 0 Å². The maximum atomic E-state index is 11.9. The van der Waals surface area contributed by atoms with E-state index in [4.69, 9.17) is 4.74 Å². The summed E-state index contributed by atoms with van der Waals surface area (Å²) >= 11 is 0. The van der Waals surface area contributed by atoms with Crippen molar-refractivity contribution < 1.29 is 9.53 Å². The first-order chi connectivity index (χ1) is 9.81. The van der Waals surface area contributed by atoms with E-state index in [1.807, 2.05) is 27.0 Å². The van der Waals surface area contributed by atoms with E-state index in [0.29, 0.717) is 5.92 Å². The van der Waals surface area contributed by atoms with Gasteiger partial charge >= 0.3 is 6.09 Å². The lowest BCUT2D eigenvalue weighted by Crippen LogP contribution is -2.79. The van der Waals surface area contributed by atoms with Crippen LogP contribution in [0.3, 0.4) is 0 Å². The Labute approximate surface area is 125 Å². The third kappa shape index (κ3) is 2.05. The molecule has 114 valence electrons. The molecule has 0 unspecified atom stereocenters. The molecule has 5 rings (SSSR count). The molecular formula is C16H23N3O2. The molecule has 21 heavy (non-hydrogen) atoms. The fraction of sp³-hybridized carbons (Fsp3) is 0.750. The van der Waals surface area contributed by atoms with E-state index in [1.165, 1.54) is 18.7 Å². The molecule has 0 saturated heterocycles. The lowest BCUT2D eigenvalue weighted by molar-refractivity contribution is -0.137. The number of hydrogen-bond donors (Lipinski definition) is 1. The third-order valence-electron chi connectivity index (χ3n) is 4.89. The highest BCUT2D eigenvalue weighted by Gasteiger charge is 2.70. The summed E-state index contributed by atoms with van der Waals surface area (Å²) in [7, 11) is 0. The highest BCUT2D eigenvalue weighted by Crippen LogP contribution is 2.66. The molecule has 1 N–H and O–H groups in total. The van der Waals surface area contributed by atoms with Crippen LogP contribution in [-0.2, 0) is 10.3 Å². The van der Waals surface area contributed by atoms with Gasteiger partial charge in [-0.05, 0) is 52.9 Å². The van der Waals surface area contributed by atoms with Gasteiger partial charge in [0.25, 0.3) is 0 Å². The minimum Gasteiger partial charge on any atom is -0.444 e. The highest BCUT2D eigenvalue weighted by atomic mass is 16.6. The molecule has 1 heterocycles. The molecule has 4 saturated carbocycles. The summed E-state index contributed by atoms with van der Waals surface area (Å²) in [5.74, 6) is 1.92. The average molecular weight is 289 g/mol. The second kappa shape index (κ2) is 3.81. The van der Waals surface area contributed by atoms with Crippen molar-refractivity contribution in [2.75, 3.05) is 0 Å². The summed E-state index contributed by atoms with van der Waals surface area (Å²) in [5.41, 5.74) is -0.258. The molecular weight excluding hydrogens is 266 g/mol. The van der Waals surface area contributed by atoms with E-state index < -0.39 is 5.60 Å². The van der Waals surface area contributed by atoms with Crippen LogP contribution >= 0.6 is 0 Å². The molecule has 5 nitrogen and oxygen atoms in total. The molecule has 2 bridgehead atoms. The van der Waals surface area contributed by atoms with Gasteiger partial charge < -0.3 is 14.6 Å². The molecule has 1 aromatic rings. The molecule has 1 amide bonds. The lowest BCUT2D eigenvalue weighted by atomic mass is 9.44. The van der Waals surface area contributed by atoms with E-state index in [0.717, 1.165) is 19.3 Å². The summed E-state index contributed by atoms with van der Waals surface area (Å²) in [6.07, 6.45) is 9.32. The van der Waals surface area contributed by atoms with Crippen LogP contribution in [0.1, 0.15) is 64.6 Å². The van der Waals surface area contributed by atoms with Crippen LogP contribution in [0.2, 0.25) is 0 Å². The maximum absolute atomic E-state index is 11.9. The van der Waals surface area contributed by atoms with Crippen molar-refractivity contribution in [1.82, 2.24) is 14.9 Å². The molecule has 4 aliphatic rings. The van der Waals surface area contributed by atoms with E-state index in [1.54, 1.807) is 0 Å². The third-order valence-corrected chi connectivity index (χ3v) is 4.89. The first kappa shape index (κ1) is 13.2. The Balaban J connectivity index is 1.40. The van der Waals surface area contributed by atoms with E-state index in [9.17, 15) is 4.79 Å². The van der Waals surface area contributed by atoms with Gasteiger partial charge in [0, 0.05) is 18.3 Å². The van der Waals surface area contributed by atoms with Gasteiger partial charge in [-0.2, -0.15) is 0 Å². The molecule has 1 aromatic heterocycles. The van der Waals surface area contributed by atoms with Crippen LogP contribution in [0, 0.1) is 0 Å². The van der Waals surface area contributed by atoms with Crippen molar-refractivity contribution in [3.63, 3.8) is 0 Å². The maximum Gasteiger partial charge on any atom is 0.408 e. The van der Waals surface area contributed by atoms with Crippen molar-refractivity contribution in [2.24, 2.45) is 0 Å². The van der Waals surface area contributed by atoms with Crippen molar-refractivity contribution in [3.05, 3.63) is 18.2 Å². The summed E-state index contributed by atoms with van der Waals surface area (Å²) in [4.78, 5) is 16.4. The number of aromatic nitrogens is 2. The summed E-state index contributed by atoms with van der Waals surface area (Å²) in [5, 5.41) is 3.07. The van der Waals surface area contributed by atoms with Gasteiger partial charge in [0.1, 0.15) is 11.4 Å². The second-order valence-electron chi connectivity index (χ2n) is 8.09. The number of carbonyl (C=O) groups excluding carboxylic acids is 1. The van der Waals surface area contributed by atoms with E-state index in [-0.39, 0.29) is 17.2 Å². The van der Waals surface area contributed by atoms with Gasteiger partial charge in [-0.3, -0.25) is 0 Å². The quantitative estimate of drug-likeness (QED) is 0.931. The van der Waals surface area contributed by atoms with Crippen LogP contribution in [0.4, 0.5) is 4.79 Å². The number of amides is 1. The number of nitrogens with one attached hydrogen (secondary N) is 1. The lowest BCUT2D eigenvalue weighted by Gasteiger charge is -2.70. The molecule has 0 atom stereocenters.